The minimum Gasteiger partial charge on any atom is -0.506 e. The van der Waals surface area contributed by atoms with Gasteiger partial charge in [-0.05, 0) is 87.6 Å². The predicted octanol–water partition coefficient (Wildman–Crippen LogP) is 6.16. The Kier molecular flexibility index (Phi) is 4.94. The normalized spacial score (nSPS) is 11.5. The summed E-state index contributed by atoms with van der Waals surface area (Å²) in [5.74, 6) is 0.829. The van der Waals surface area contributed by atoms with Crippen molar-refractivity contribution in [2.75, 3.05) is 0 Å². The molecule has 0 atom stereocenters. The van der Waals surface area contributed by atoms with E-state index in [9.17, 15) is 5.11 Å². The summed E-state index contributed by atoms with van der Waals surface area (Å²) in [5, 5.41) is 10.2. The van der Waals surface area contributed by atoms with E-state index >= 15 is 0 Å². The lowest BCUT2D eigenvalue weighted by molar-refractivity contribution is 0.470. The Morgan fingerprint density at radius 2 is 1.81 bits per heavy atom. The highest BCUT2D eigenvalue weighted by Gasteiger charge is 2.09. The van der Waals surface area contributed by atoms with Crippen molar-refractivity contribution < 1.29 is 9.52 Å². The Morgan fingerprint density at radius 3 is 2.62 bits per heavy atom. The molecule has 0 bridgehead atoms. The Labute approximate surface area is 177 Å². The average molecular weight is 566 g/mol. The van der Waals surface area contributed by atoms with Crippen LogP contribution < -0.4 is 0 Å². The Balaban J connectivity index is 1.68. The van der Waals surface area contributed by atoms with Gasteiger partial charge in [0.2, 0.25) is 5.89 Å². The van der Waals surface area contributed by atoms with Crippen molar-refractivity contribution in [1.29, 1.82) is 0 Å². The maximum absolute atomic E-state index is 10.2. The number of oxazole rings is 1. The number of phenolic OH excluding ortho intramolecular Hbond substituents is 1. The number of fused-ring (bicyclic) bond motifs is 1. The summed E-state index contributed by atoms with van der Waals surface area (Å²) in [5.41, 5.74) is 3.84. The number of hydrogen-bond donors (Lipinski definition) is 1. The van der Waals surface area contributed by atoms with E-state index in [-0.39, 0.29) is 5.75 Å². The van der Waals surface area contributed by atoms with Crippen LogP contribution in [-0.2, 0) is 0 Å². The van der Waals surface area contributed by atoms with Crippen LogP contribution >= 0.6 is 45.2 Å². The molecular weight excluding hydrogens is 554 g/mol. The first-order chi connectivity index (χ1) is 12.6. The SMILES string of the molecule is Oc1c(I)cc(I)cc1C=Nc1ccc2oc(-c3ccccc3)nc2c1. The molecule has 3 aromatic carbocycles. The minimum atomic E-state index is 0.239. The van der Waals surface area contributed by atoms with E-state index in [4.69, 9.17) is 4.42 Å². The van der Waals surface area contributed by atoms with Gasteiger partial charge in [-0.2, -0.15) is 0 Å². The van der Waals surface area contributed by atoms with E-state index in [0.717, 1.165) is 29.5 Å². The van der Waals surface area contributed by atoms with Gasteiger partial charge in [-0.25, -0.2) is 4.98 Å². The highest BCUT2D eigenvalue weighted by atomic mass is 127. The van der Waals surface area contributed by atoms with E-state index in [0.29, 0.717) is 11.5 Å². The van der Waals surface area contributed by atoms with Crippen LogP contribution in [-0.4, -0.2) is 16.3 Å². The third kappa shape index (κ3) is 3.61. The van der Waals surface area contributed by atoms with E-state index in [1.165, 1.54) is 0 Å². The molecule has 0 saturated carbocycles. The van der Waals surface area contributed by atoms with Crippen LogP contribution in [0.15, 0.2) is 70.1 Å². The van der Waals surface area contributed by atoms with Crippen molar-refractivity contribution in [3.05, 3.63) is 73.4 Å². The first-order valence-electron chi connectivity index (χ1n) is 7.78. The molecule has 0 unspecified atom stereocenters. The van der Waals surface area contributed by atoms with Crippen molar-refractivity contribution in [1.82, 2.24) is 4.98 Å². The molecule has 1 heterocycles. The van der Waals surface area contributed by atoms with Crippen LogP contribution in [0, 0.1) is 7.14 Å². The zero-order chi connectivity index (χ0) is 18.1. The molecular formula is C20H12I2N2O2. The first-order valence-corrected chi connectivity index (χ1v) is 9.94. The minimum absolute atomic E-state index is 0.239. The molecule has 0 fully saturated rings. The number of aromatic nitrogens is 1. The molecule has 4 rings (SSSR count). The number of hydrogen-bond acceptors (Lipinski definition) is 4. The van der Waals surface area contributed by atoms with Gasteiger partial charge in [0.1, 0.15) is 11.3 Å². The summed E-state index contributed by atoms with van der Waals surface area (Å²) in [7, 11) is 0. The van der Waals surface area contributed by atoms with Gasteiger partial charge in [-0.15, -0.1) is 0 Å². The number of benzene rings is 3. The van der Waals surface area contributed by atoms with Crippen LogP contribution in [0.4, 0.5) is 5.69 Å². The van der Waals surface area contributed by atoms with Crippen LogP contribution in [0.5, 0.6) is 5.75 Å². The molecule has 4 nitrogen and oxygen atoms in total. The average Bonchev–Trinajstić information content (AvgIpc) is 3.07. The summed E-state index contributed by atoms with van der Waals surface area (Å²) in [6.45, 7) is 0. The molecule has 1 N–H and O–H groups in total. The Morgan fingerprint density at radius 1 is 1.00 bits per heavy atom. The Bertz CT molecular complexity index is 1120. The number of rotatable bonds is 3. The van der Waals surface area contributed by atoms with Crippen molar-refractivity contribution in [3.63, 3.8) is 0 Å². The van der Waals surface area contributed by atoms with Gasteiger partial charge in [-0.3, -0.25) is 4.99 Å². The number of halogens is 2. The summed E-state index contributed by atoms with van der Waals surface area (Å²) in [6.07, 6.45) is 1.67. The fraction of sp³-hybridized carbons (Fsp3) is 0. The topological polar surface area (TPSA) is 58.6 Å². The van der Waals surface area contributed by atoms with Crippen molar-refractivity contribution in [2.24, 2.45) is 4.99 Å². The molecule has 128 valence electrons. The fourth-order valence-electron chi connectivity index (χ4n) is 2.53. The largest absolute Gasteiger partial charge is 0.506 e. The molecule has 0 aliphatic heterocycles. The van der Waals surface area contributed by atoms with Gasteiger partial charge in [0.15, 0.2) is 5.58 Å². The maximum Gasteiger partial charge on any atom is 0.227 e. The lowest BCUT2D eigenvalue weighted by atomic mass is 10.2. The van der Waals surface area contributed by atoms with E-state index in [1.807, 2.05) is 60.7 Å². The quantitative estimate of drug-likeness (QED) is 0.239. The summed E-state index contributed by atoms with van der Waals surface area (Å²) >= 11 is 4.33. The second-order valence-electron chi connectivity index (χ2n) is 5.62. The van der Waals surface area contributed by atoms with Crippen molar-refractivity contribution >= 4 is 68.2 Å². The third-order valence-corrected chi connectivity index (χ3v) is 5.25. The van der Waals surface area contributed by atoms with Crippen LogP contribution in [0.1, 0.15) is 5.56 Å². The molecule has 1 aromatic heterocycles. The van der Waals surface area contributed by atoms with Crippen LogP contribution in [0.25, 0.3) is 22.6 Å². The van der Waals surface area contributed by atoms with Gasteiger partial charge < -0.3 is 9.52 Å². The van der Waals surface area contributed by atoms with Crippen LogP contribution in [0.3, 0.4) is 0 Å². The zero-order valence-corrected chi connectivity index (χ0v) is 17.7. The molecule has 0 radical (unpaired) electrons. The van der Waals surface area contributed by atoms with Gasteiger partial charge in [0.25, 0.3) is 0 Å². The first kappa shape index (κ1) is 17.5. The second-order valence-corrected chi connectivity index (χ2v) is 8.03. The van der Waals surface area contributed by atoms with E-state index < -0.39 is 0 Å². The number of nitrogens with zero attached hydrogens (tertiary/aromatic N) is 2. The van der Waals surface area contributed by atoms with Gasteiger partial charge in [0, 0.05) is 20.9 Å². The fourth-order valence-corrected chi connectivity index (χ4v) is 4.42. The Hall–Kier alpha value is -1.94. The van der Waals surface area contributed by atoms with E-state index in [1.54, 1.807) is 6.21 Å². The second kappa shape index (κ2) is 7.36. The molecule has 0 spiro atoms. The molecule has 0 saturated heterocycles. The number of aliphatic imine (C=N–C) groups is 1. The lowest BCUT2D eigenvalue weighted by Crippen LogP contribution is -1.87. The lowest BCUT2D eigenvalue weighted by Gasteiger charge is -2.02. The highest BCUT2D eigenvalue weighted by Crippen LogP contribution is 2.28. The van der Waals surface area contributed by atoms with E-state index in [2.05, 4.69) is 55.2 Å². The highest BCUT2D eigenvalue weighted by molar-refractivity contribution is 14.1. The van der Waals surface area contributed by atoms with Gasteiger partial charge >= 0.3 is 0 Å². The summed E-state index contributed by atoms with van der Waals surface area (Å²) in [6, 6.07) is 19.2. The summed E-state index contributed by atoms with van der Waals surface area (Å²) < 4.78 is 7.67. The zero-order valence-electron chi connectivity index (χ0n) is 13.4. The van der Waals surface area contributed by atoms with Gasteiger partial charge in [-0.1, -0.05) is 18.2 Å². The van der Waals surface area contributed by atoms with Crippen molar-refractivity contribution in [3.8, 4) is 17.2 Å². The standard InChI is InChI=1S/C20H12I2N2O2/c21-14-8-13(19(25)16(22)9-14)11-23-15-6-7-18-17(10-15)24-20(26-18)12-4-2-1-3-5-12/h1-11,25H. The number of aromatic hydroxyl groups is 1. The molecule has 0 amide bonds. The van der Waals surface area contributed by atoms with Gasteiger partial charge in [0.05, 0.1) is 9.26 Å². The molecule has 0 aliphatic rings. The van der Waals surface area contributed by atoms with Crippen molar-refractivity contribution in [2.45, 2.75) is 0 Å². The molecule has 6 heteroatoms. The number of phenols is 1. The predicted molar refractivity (Wildman–Crippen MR) is 120 cm³/mol. The molecule has 0 aliphatic carbocycles. The third-order valence-electron chi connectivity index (χ3n) is 3.80. The summed E-state index contributed by atoms with van der Waals surface area (Å²) in [4.78, 5) is 9.03. The monoisotopic (exact) mass is 566 g/mol. The molecule has 26 heavy (non-hydrogen) atoms. The maximum atomic E-state index is 10.2. The molecule has 4 aromatic rings. The smallest absolute Gasteiger partial charge is 0.227 e. The van der Waals surface area contributed by atoms with Crippen LogP contribution in [0.2, 0.25) is 0 Å².